The van der Waals surface area contributed by atoms with E-state index < -0.39 is 0 Å². The average Bonchev–Trinajstić information content (AvgIpc) is 2.88. The van der Waals surface area contributed by atoms with Crippen LogP contribution in [0.1, 0.15) is 11.3 Å². The Kier molecular flexibility index (Phi) is 4.10. The molecule has 0 saturated heterocycles. The minimum atomic E-state index is -0.179. The fraction of sp³-hybridized carbons (Fsp3) is 0.167. The van der Waals surface area contributed by atoms with Gasteiger partial charge in [-0.15, -0.1) is 11.3 Å². The largest absolute Gasteiger partial charge is 0.334 e. The summed E-state index contributed by atoms with van der Waals surface area (Å²) in [5.41, 5.74) is 3.71. The lowest BCUT2D eigenvalue weighted by Gasteiger charge is -2.06. The van der Waals surface area contributed by atoms with Gasteiger partial charge in [-0.3, -0.25) is 0 Å². The zero-order chi connectivity index (χ0) is 11.9. The number of carbonyl (C=O) groups excluding carboxylic acids is 1. The number of amides is 2. The van der Waals surface area contributed by atoms with Crippen LogP contribution in [0.5, 0.6) is 0 Å². The Hall–Kier alpha value is -1.88. The van der Waals surface area contributed by atoms with Crippen molar-refractivity contribution >= 4 is 17.4 Å². The summed E-state index contributed by atoms with van der Waals surface area (Å²) in [5.74, 6) is 0. The fourth-order valence-electron chi connectivity index (χ4n) is 1.34. The molecule has 2 rings (SSSR count). The molecular weight excluding hydrogens is 234 g/mol. The molecule has 2 N–H and O–H groups in total. The second-order valence-electron chi connectivity index (χ2n) is 3.50. The van der Waals surface area contributed by atoms with Gasteiger partial charge >= 0.3 is 6.03 Å². The molecule has 17 heavy (non-hydrogen) atoms. The topological polar surface area (TPSA) is 54.0 Å². The van der Waals surface area contributed by atoms with Crippen LogP contribution in [0.25, 0.3) is 0 Å². The summed E-state index contributed by atoms with van der Waals surface area (Å²) in [6, 6.07) is 9.61. The summed E-state index contributed by atoms with van der Waals surface area (Å²) in [7, 11) is 0. The van der Waals surface area contributed by atoms with Gasteiger partial charge in [-0.25, -0.2) is 9.78 Å². The molecule has 0 radical (unpaired) electrons. The molecule has 88 valence electrons. The van der Waals surface area contributed by atoms with E-state index in [1.807, 2.05) is 35.7 Å². The van der Waals surface area contributed by atoms with Gasteiger partial charge in [0, 0.05) is 11.9 Å². The molecule has 0 fully saturated rings. The predicted molar refractivity (Wildman–Crippen MR) is 67.6 cm³/mol. The number of carbonyl (C=O) groups is 1. The number of benzene rings is 1. The number of nitrogens with zero attached hydrogens (tertiary/aromatic N) is 1. The first-order chi connectivity index (χ1) is 8.34. The number of urea groups is 1. The third kappa shape index (κ3) is 3.88. The highest BCUT2D eigenvalue weighted by Crippen LogP contribution is 2.00. The molecule has 2 aromatic rings. The van der Waals surface area contributed by atoms with Crippen molar-refractivity contribution in [3.63, 3.8) is 0 Å². The number of nitrogens with one attached hydrogen (secondary N) is 2. The van der Waals surface area contributed by atoms with Crippen molar-refractivity contribution in [1.29, 1.82) is 0 Å². The SMILES string of the molecule is O=C(NCc1ccccc1)NCc1cscn1. The van der Waals surface area contributed by atoms with E-state index in [2.05, 4.69) is 15.6 Å². The van der Waals surface area contributed by atoms with Crippen LogP contribution in [-0.2, 0) is 13.1 Å². The Morgan fingerprint density at radius 2 is 1.94 bits per heavy atom. The van der Waals surface area contributed by atoms with Crippen LogP contribution in [0.2, 0.25) is 0 Å². The summed E-state index contributed by atoms with van der Waals surface area (Å²) >= 11 is 1.52. The summed E-state index contributed by atoms with van der Waals surface area (Å²) in [5, 5.41) is 7.45. The minimum Gasteiger partial charge on any atom is -0.334 e. The highest BCUT2D eigenvalue weighted by atomic mass is 32.1. The van der Waals surface area contributed by atoms with Gasteiger partial charge in [0.2, 0.25) is 0 Å². The van der Waals surface area contributed by atoms with Crippen LogP contribution in [0.4, 0.5) is 4.79 Å². The lowest BCUT2D eigenvalue weighted by Crippen LogP contribution is -2.34. The van der Waals surface area contributed by atoms with Crippen LogP contribution in [0.15, 0.2) is 41.2 Å². The van der Waals surface area contributed by atoms with Crippen molar-refractivity contribution in [3.05, 3.63) is 52.5 Å². The summed E-state index contributed by atoms with van der Waals surface area (Å²) in [6.07, 6.45) is 0. The summed E-state index contributed by atoms with van der Waals surface area (Å²) in [6.45, 7) is 0.994. The van der Waals surface area contributed by atoms with E-state index in [0.717, 1.165) is 11.3 Å². The minimum absolute atomic E-state index is 0.179. The van der Waals surface area contributed by atoms with Gasteiger partial charge in [-0.05, 0) is 5.56 Å². The van der Waals surface area contributed by atoms with Crippen molar-refractivity contribution in [2.75, 3.05) is 0 Å². The molecule has 4 nitrogen and oxygen atoms in total. The number of aromatic nitrogens is 1. The van der Waals surface area contributed by atoms with Crippen molar-refractivity contribution in [3.8, 4) is 0 Å². The lowest BCUT2D eigenvalue weighted by atomic mass is 10.2. The van der Waals surface area contributed by atoms with Crippen LogP contribution in [0.3, 0.4) is 0 Å². The van der Waals surface area contributed by atoms with E-state index in [4.69, 9.17) is 0 Å². The van der Waals surface area contributed by atoms with E-state index in [0.29, 0.717) is 13.1 Å². The zero-order valence-corrected chi connectivity index (χ0v) is 10.0. The van der Waals surface area contributed by atoms with Crippen molar-refractivity contribution in [2.45, 2.75) is 13.1 Å². The first-order valence-electron chi connectivity index (χ1n) is 5.27. The van der Waals surface area contributed by atoms with E-state index >= 15 is 0 Å². The Morgan fingerprint density at radius 1 is 1.18 bits per heavy atom. The molecule has 0 aliphatic carbocycles. The maximum atomic E-state index is 11.5. The molecule has 0 spiro atoms. The Morgan fingerprint density at radius 3 is 2.65 bits per heavy atom. The lowest BCUT2D eigenvalue weighted by molar-refractivity contribution is 0.240. The molecule has 1 heterocycles. The van der Waals surface area contributed by atoms with E-state index in [9.17, 15) is 4.79 Å². The van der Waals surface area contributed by atoms with E-state index in [1.54, 1.807) is 5.51 Å². The molecule has 0 aliphatic rings. The van der Waals surface area contributed by atoms with Gasteiger partial charge in [-0.2, -0.15) is 0 Å². The maximum Gasteiger partial charge on any atom is 0.315 e. The molecule has 5 heteroatoms. The molecule has 1 aromatic heterocycles. The van der Waals surface area contributed by atoms with Crippen LogP contribution < -0.4 is 10.6 Å². The zero-order valence-electron chi connectivity index (χ0n) is 9.22. The maximum absolute atomic E-state index is 11.5. The molecule has 0 bridgehead atoms. The van der Waals surface area contributed by atoms with Crippen molar-refractivity contribution < 1.29 is 4.79 Å². The third-order valence-corrected chi connectivity index (χ3v) is 2.84. The molecule has 2 amide bonds. The molecule has 1 aromatic carbocycles. The van der Waals surface area contributed by atoms with Crippen molar-refractivity contribution in [2.24, 2.45) is 0 Å². The fourth-order valence-corrected chi connectivity index (χ4v) is 1.89. The first kappa shape index (κ1) is 11.6. The van der Waals surface area contributed by atoms with Gasteiger partial charge in [0.05, 0.1) is 17.7 Å². The quantitative estimate of drug-likeness (QED) is 0.869. The van der Waals surface area contributed by atoms with Gasteiger partial charge in [0.25, 0.3) is 0 Å². The molecular formula is C12H13N3OS. The number of thiazole rings is 1. The third-order valence-electron chi connectivity index (χ3n) is 2.21. The Labute approximate surface area is 104 Å². The highest BCUT2D eigenvalue weighted by molar-refractivity contribution is 7.07. The normalized spacial score (nSPS) is 9.88. The monoisotopic (exact) mass is 247 g/mol. The van der Waals surface area contributed by atoms with Crippen LogP contribution >= 0.6 is 11.3 Å². The number of rotatable bonds is 4. The Balaban J connectivity index is 1.71. The predicted octanol–water partition coefficient (Wildman–Crippen LogP) is 2.14. The van der Waals surface area contributed by atoms with Crippen LogP contribution in [0, 0.1) is 0 Å². The second-order valence-corrected chi connectivity index (χ2v) is 4.22. The number of hydrogen-bond donors (Lipinski definition) is 2. The van der Waals surface area contributed by atoms with Gasteiger partial charge in [0.1, 0.15) is 0 Å². The number of hydrogen-bond acceptors (Lipinski definition) is 3. The Bertz CT molecular complexity index is 456. The van der Waals surface area contributed by atoms with Gasteiger partial charge < -0.3 is 10.6 Å². The summed E-state index contributed by atoms with van der Waals surface area (Å²) < 4.78 is 0. The average molecular weight is 247 g/mol. The van der Waals surface area contributed by atoms with Gasteiger partial charge in [0.15, 0.2) is 0 Å². The van der Waals surface area contributed by atoms with Crippen LogP contribution in [-0.4, -0.2) is 11.0 Å². The van der Waals surface area contributed by atoms with E-state index in [-0.39, 0.29) is 6.03 Å². The highest BCUT2D eigenvalue weighted by Gasteiger charge is 2.01. The van der Waals surface area contributed by atoms with E-state index in [1.165, 1.54) is 11.3 Å². The molecule has 0 atom stereocenters. The standard InChI is InChI=1S/C12H13N3OS/c16-12(14-7-11-8-17-9-15-11)13-6-10-4-2-1-3-5-10/h1-5,8-9H,6-7H2,(H2,13,14,16). The molecule has 0 aliphatic heterocycles. The second kappa shape index (κ2) is 6.00. The smallest absolute Gasteiger partial charge is 0.315 e. The first-order valence-corrected chi connectivity index (χ1v) is 6.21. The molecule has 0 saturated carbocycles. The molecule has 0 unspecified atom stereocenters. The van der Waals surface area contributed by atoms with Crippen molar-refractivity contribution in [1.82, 2.24) is 15.6 Å². The van der Waals surface area contributed by atoms with Gasteiger partial charge in [-0.1, -0.05) is 30.3 Å². The summed E-state index contributed by atoms with van der Waals surface area (Å²) in [4.78, 5) is 15.5.